The van der Waals surface area contributed by atoms with Crippen LogP contribution in [0.5, 0.6) is 5.75 Å². The molecule has 0 radical (unpaired) electrons. The van der Waals surface area contributed by atoms with Crippen LogP contribution in [0, 0.1) is 5.82 Å². The molecule has 1 aromatic carbocycles. The van der Waals surface area contributed by atoms with Gasteiger partial charge in [-0.05, 0) is 58.6 Å². The summed E-state index contributed by atoms with van der Waals surface area (Å²) in [5, 5.41) is 0. The molecule has 2 heterocycles. The van der Waals surface area contributed by atoms with Crippen molar-refractivity contribution in [2.45, 2.75) is 83.1 Å². The van der Waals surface area contributed by atoms with E-state index < -0.39 is 17.1 Å². The average molecular weight is 475 g/mol. The number of halogens is 1. The van der Waals surface area contributed by atoms with Gasteiger partial charge in [0.25, 0.3) is 0 Å². The molecular weight excluding hydrogens is 439 g/mol. The number of nitrogens with two attached hydrogens (primary N) is 2. The van der Waals surface area contributed by atoms with Gasteiger partial charge < -0.3 is 25.8 Å². The van der Waals surface area contributed by atoms with E-state index in [1.54, 1.807) is 21.9 Å². The van der Waals surface area contributed by atoms with Gasteiger partial charge in [0.1, 0.15) is 17.4 Å². The van der Waals surface area contributed by atoms with Gasteiger partial charge in [-0.1, -0.05) is 12.5 Å². The van der Waals surface area contributed by atoms with E-state index in [0.717, 1.165) is 32.1 Å². The third-order valence-electron chi connectivity index (χ3n) is 6.42. The van der Waals surface area contributed by atoms with Crippen molar-refractivity contribution in [2.24, 2.45) is 21.5 Å². The van der Waals surface area contributed by atoms with Gasteiger partial charge in [-0.2, -0.15) is 4.99 Å². The summed E-state index contributed by atoms with van der Waals surface area (Å²) in [4.78, 5) is 24.7. The number of para-hydroxylation sites is 1. The minimum absolute atomic E-state index is 0.122. The predicted octanol–water partition coefficient (Wildman–Crippen LogP) is 3.71. The largest absolute Gasteiger partial charge is 0.485 e. The first kappa shape index (κ1) is 24.1. The molecule has 1 amide bonds. The van der Waals surface area contributed by atoms with Crippen LogP contribution in [0.15, 0.2) is 28.2 Å². The Bertz CT molecular complexity index is 975. The van der Waals surface area contributed by atoms with Crippen molar-refractivity contribution in [3.8, 4) is 5.75 Å². The van der Waals surface area contributed by atoms with Crippen LogP contribution in [0.4, 0.5) is 14.9 Å². The van der Waals surface area contributed by atoms with Crippen molar-refractivity contribution < 1.29 is 18.7 Å². The zero-order valence-electron chi connectivity index (χ0n) is 20.2. The summed E-state index contributed by atoms with van der Waals surface area (Å²) in [6.45, 7) is 6.47. The average Bonchev–Trinajstić information content (AvgIpc) is 2.75. The number of nitrogens with zero attached hydrogens (tertiary/aromatic N) is 4. The SMILES string of the molecule is CC(C)(C)OC(=O)N1CCC(Oc2c(F)cccc2N2C(N)=NC(N)=NC23CCCCC3)CC1. The zero-order chi connectivity index (χ0) is 24.5. The van der Waals surface area contributed by atoms with Crippen molar-refractivity contribution in [2.75, 3.05) is 18.0 Å². The molecule has 2 aliphatic heterocycles. The first-order valence-electron chi connectivity index (χ1n) is 12.0. The van der Waals surface area contributed by atoms with Crippen LogP contribution in [0.3, 0.4) is 0 Å². The smallest absolute Gasteiger partial charge is 0.410 e. The van der Waals surface area contributed by atoms with Gasteiger partial charge in [-0.25, -0.2) is 14.2 Å². The third-order valence-corrected chi connectivity index (χ3v) is 6.42. The quantitative estimate of drug-likeness (QED) is 0.689. The summed E-state index contributed by atoms with van der Waals surface area (Å²) in [5.74, 6) is -0.0287. The second kappa shape index (κ2) is 9.31. The van der Waals surface area contributed by atoms with E-state index in [1.165, 1.54) is 6.07 Å². The van der Waals surface area contributed by atoms with Crippen LogP contribution in [0.1, 0.15) is 65.7 Å². The summed E-state index contributed by atoms with van der Waals surface area (Å²) in [7, 11) is 0. The molecule has 4 rings (SSSR count). The first-order chi connectivity index (χ1) is 16.1. The van der Waals surface area contributed by atoms with Gasteiger partial charge in [0, 0.05) is 25.9 Å². The highest BCUT2D eigenvalue weighted by molar-refractivity contribution is 6.06. The lowest BCUT2D eigenvalue weighted by molar-refractivity contribution is 0.0123. The van der Waals surface area contributed by atoms with Crippen molar-refractivity contribution in [3.63, 3.8) is 0 Å². The van der Waals surface area contributed by atoms with E-state index in [9.17, 15) is 4.79 Å². The summed E-state index contributed by atoms with van der Waals surface area (Å²) in [6.07, 6.45) is 5.05. The molecule has 1 saturated heterocycles. The lowest BCUT2D eigenvalue weighted by atomic mass is 9.87. The lowest BCUT2D eigenvalue weighted by Gasteiger charge is -2.46. The van der Waals surface area contributed by atoms with E-state index in [4.69, 9.17) is 20.9 Å². The molecular formula is C24H35FN6O3. The molecule has 0 aromatic heterocycles. The van der Waals surface area contributed by atoms with Crippen molar-refractivity contribution in [1.29, 1.82) is 0 Å². The van der Waals surface area contributed by atoms with E-state index in [-0.39, 0.29) is 29.9 Å². The van der Waals surface area contributed by atoms with Gasteiger partial charge in [-0.15, -0.1) is 0 Å². The molecule has 0 bridgehead atoms. The molecule has 1 spiro atoms. The molecule has 9 nitrogen and oxygen atoms in total. The Morgan fingerprint density at radius 2 is 1.82 bits per heavy atom. The molecule has 1 aliphatic carbocycles. The molecule has 4 N–H and O–H groups in total. The fraction of sp³-hybridized carbons (Fsp3) is 0.625. The minimum atomic E-state index is -0.694. The van der Waals surface area contributed by atoms with Crippen LogP contribution in [0.2, 0.25) is 0 Å². The number of rotatable bonds is 3. The molecule has 34 heavy (non-hydrogen) atoms. The fourth-order valence-electron chi connectivity index (χ4n) is 4.91. The van der Waals surface area contributed by atoms with Crippen LogP contribution >= 0.6 is 0 Å². The van der Waals surface area contributed by atoms with Gasteiger partial charge >= 0.3 is 6.09 Å². The Morgan fingerprint density at radius 3 is 2.47 bits per heavy atom. The van der Waals surface area contributed by atoms with Crippen LogP contribution in [0.25, 0.3) is 0 Å². The fourth-order valence-corrected chi connectivity index (χ4v) is 4.91. The van der Waals surface area contributed by atoms with Crippen LogP contribution < -0.4 is 21.1 Å². The molecule has 1 aromatic rings. The lowest BCUT2D eigenvalue weighted by Crippen LogP contribution is -2.58. The van der Waals surface area contributed by atoms with E-state index in [0.29, 0.717) is 31.6 Å². The monoisotopic (exact) mass is 474 g/mol. The standard InChI is InChI=1S/C24H35FN6O3/c1-23(2,3)34-22(32)30-14-10-16(11-15-30)33-19-17(25)8-7-9-18(19)31-21(27)28-20(26)29-24(31)12-5-4-6-13-24/h7-9,16H,4-6,10-15H2,1-3H3,(H4,26,27,28,29). The highest BCUT2D eigenvalue weighted by Gasteiger charge is 2.44. The normalized spacial score (nSPS) is 21.2. The maximum absolute atomic E-state index is 15.1. The van der Waals surface area contributed by atoms with E-state index in [2.05, 4.69) is 9.98 Å². The number of likely N-dealkylation sites (tertiary alicyclic amines) is 1. The molecule has 0 atom stereocenters. The summed E-state index contributed by atoms with van der Waals surface area (Å²) in [6, 6.07) is 4.79. The molecule has 186 valence electrons. The number of guanidine groups is 2. The minimum Gasteiger partial charge on any atom is -0.485 e. The number of anilines is 1. The number of hydrogen-bond acceptors (Lipinski definition) is 8. The maximum atomic E-state index is 15.1. The summed E-state index contributed by atoms with van der Waals surface area (Å²) in [5.41, 5.74) is 11.6. The molecule has 0 unspecified atom stereocenters. The second-order valence-corrected chi connectivity index (χ2v) is 10.2. The second-order valence-electron chi connectivity index (χ2n) is 10.2. The van der Waals surface area contributed by atoms with Crippen molar-refractivity contribution in [3.05, 3.63) is 24.0 Å². The van der Waals surface area contributed by atoms with Crippen molar-refractivity contribution in [1.82, 2.24) is 4.90 Å². The van der Waals surface area contributed by atoms with Crippen LogP contribution in [-0.2, 0) is 4.74 Å². The Hall–Kier alpha value is -3.04. The number of benzene rings is 1. The first-order valence-corrected chi connectivity index (χ1v) is 12.0. The number of ether oxygens (including phenoxy) is 2. The molecule has 10 heteroatoms. The molecule has 3 aliphatic rings. The number of aliphatic imine (C=N–C) groups is 2. The van der Waals surface area contributed by atoms with E-state index in [1.807, 2.05) is 20.8 Å². The topological polar surface area (TPSA) is 119 Å². The molecule has 2 fully saturated rings. The maximum Gasteiger partial charge on any atom is 0.410 e. The number of piperidine rings is 1. The Morgan fingerprint density at radius 1 is 1.15 bits per heavy atom. The Balaban J connectivity index is 1.54. The van der Waals surface area contributed by atoms with Gasteiger partial charge in [0.2, 0.25) is 11.9 Å². The highest BCUT2D eigenvalue weighted by Crippen LogP contribution is 2.44. The van der Waals surface area contributed by atoms with E-state index >= 15 is 4.39 Å². The predicted molar refractivity (Wildman–Crippen MR) is 129 cm³/mol. The van der Waals surface area contributed by atoms with Crippen molar-refractivity contribution >= 4 is 23.7 Å². The van der Waals surface area contributed by atoms with Crippen LogP contribution in [-0.4, -0.2) is 53.4 Å². The summed E-state index contributed by atoms with van der Waals surface area (Å²) >= 11 is 0. The number of hydrogen-bond donors (Lipinski definition) is 2. The summed E-state index contributed by atoms with van der Waals surface area (Å²) < 4.78 is 26.8. The molecule has 1 saturated carbocycles. The Kier molecular flexibility index (Phi) is 6.60. The number of carbonyl (C=O) groups is 1. The Labute approximate surface area is 200 Å². The van der Waals surface area contributed by atoms with Gasteiger partial charge in [0.05, 0.1) is 5.69 Å². The number of amides is 1. The highest BCUT2D eigenvalue weighted by atomic mass is 19.1. The van der Waals surface area contributed by atoms with Gasteiger partial charge in [-0.3, -0.25) is 4.90 Å². The number of carbonyl (C=O) groups excluding carboxylic acids is 1. The zero-order valence-corrected chi connectivity index (χ0v) is 20.2. The third kappa shape index (κ3) is 5.05. The van der Waals surface area contributed by atoms with Gasteiger partial charge in [0.15, 0.2) is 11.6 Å².